The molecule has 0 radical (unpaired) electrons. The fourth-order valence-corrected chi connectivity index (χ4v) is 4.16. The van der Waals surface area contributed by atoms with Gasteiger partial charge in [-0.25, -0.2) is 13.1 Å². The van der Waals surface area contributed by atoms with Gasteiger partial charge in [0.1, 0.15) is 4.21 Å². The SMILES string of the molecule is Cc1cc(S(=O)(=O)NC(C)CC(=O)O)sc1Cl. The highest BCUT2D eigenvalue weighted by molar-refractivity contribution is 7.91. The van der Waals surface area contributed by atoms with Gasteiger partial charge in [-0.1, -0.05) is 11.6 Å². The van der Waals surface area contributed by atoms with E-state index < -0.39 is 22.0 Å². The van der Waals surface area contributed by atoms with Gasteiger partial charge in [0.05, 0.1) is 10.8 Å². The number of aryl methyl sites for hydroxylation is 1. The number of thiophene rings is 1. The fourth-order valence-electron chi connectivity index (χ4n) is 1.19. The van der Waals surface area contributed by atoms with Gasteiger partial charge in [-0.15, -0.1) is 11.3 Å². The van der Waals surface area contributed by atoms with E-state index in [9.17, 15) is 13.2 Å². The van der Waals surface area contributed by atoms with Crippen molar-refractivity contribution in [2.75, 3.05) is 0 Å². The smallest absolute Gasteiger partial charge is 0.304 e. The normalized spacial score (nSPS) is 13.6. The van der Waals surface area contributed by atoms with Crippen molar-refractivity contribution in [2.45, 2.75) is 30.5 Å². The zero-order chi connectivity index (χ0) is 13.2. The van der Waals surface area contributed by atoms with Gasteiger partial charge in [0, 0.05) is 6.04 Å². The predicted octanol–water partition coefficient (Wildman–Crippen LogP) is 1.85. The first-order valence-electron chi connectivity index (χ1n) is 4.72. The molecule has 96 valence electrons. The second kappa shape index (κ2) is 5.34. The minimum atomic E-state index is -3.69. The number of carboxylic acids is 1. The molecule has 0 aliphatic heterocycles. The molecule has 0 aliphatic carbocycles. The molecule has 0 saturated heterocycles. The summed E-state index contributed by atoms with van der Waals surface area (Å²) in [5.74, 6) is -1.06. The number of hydrogen-bond acceptors (Lipinski definition) is 4. The van der Waals surface area contributed by atoms with E-state index in [4.69, 9.17) is 16.7 Å². The molecule has 8 heteroatoms. The van der Waals surface area contributed by atoms with Gasteiger partial charge >= 0.3 is 5.97 Å². The highest BCUT2D eigenvalue weighted by atomic mass is 35.5. The Kier molecular flexibility index (Phi) is 4.54. The highest BCUT2D eigenvalue weighted by Crippen LogP contribution is 2.30. The van der Waals surface area contributed by atoms with Crippen molar-refractivity contribution in [3.8, 4) is 0 Å². The van der Waals surface area contributed by atoms with Crippen molar-refractivity contribution >= 4 is 38.9 Å². The monoisotopic (exact) mass is 297 g/mol. The largest absolute Gasteiger partial charge is 0.481 e. The molecule has 1 atom stereocenters. The molecule has 17 heavy (non-hydrogen) atoms. The molecule has 0 aromatic carbocycles. The summed E-state index contributed by atoms with van der Waals surface area (Å²) in [7, 11) is -3.69. The number of hydrogen-bond donors (Lipinski definition) is 2. The minimum absolute atomic E-state index is 0.0947. The van der Waals surface area contributed by atoms with Gasteiger partial charge in [-0.3, -0.25) is 4.79 Å². The first-order valence-corrected chi connectivity index (χ1v) is 7.40. The number of nitrogens with one attached hydrogen (secondary N) is 1. The van der Waals surface area contributed by atoms with Crippen LogP contribution < -0.4 is 4.72 Å². The van der Waals surface area contributed by atoms with Crippen LogP contribution in [-0.2, 0) is 14.8 Å². The van der Waals surface area contributed by atoms with E-state index in [1.54, 1.807) is 6.92 Å². The number of rotatable bonds is 5. The third-order valence-corrected chi connectivity index (χ3v) is 5.55. The Morgan fingerprint density at radius 2 is 2.24 bits per heavy atom. The summed E-state index contributed by atoms with van der Waals surface area (Å²) in [6.07, 6.45) is -0.267. The van der Waals surface area contributed by atoms with E-state index in [2.05, 4.69) is 4.72 Å². The third-order valence-electron chi connectivity index (χ3n) is 1.94. The predicted molar refractivity (Wildman–Crippen MR) is 66.1 cm³/mol. The minimum Gasteiger partial charge on any atom is -0.481 e. The lowest BCUT2D eigenvalue weighted by molar-refractivity contribution is -0.137. The van der Waals surface area contributed by atoms with Crippen LogP contribution in [0.3, 0.4) is 0 Å². The van der Waals surface area contributed by atoms with Gasteiger partial charge in [0.2, 0.25) is 10.0 Å². The molecule has 0 fully saturated rings. The van der Waals surface area contributed by atoms with Crippen molar-refractivity contribution < 1.29 is 18.3 Å². The Hall–Kier alpha value is -0.630. The van der Waals surface area contributed by atoms with Crippen LogP contribution in [0.4, 0.5) is 0 Å². The zero-order valence-electron chi connectivity index (χ0n) is 9.23. The molecule has 2 N–H and O–H groups in total. The summed E-state index contributed by atoms with van der Waals surface area (Å²) in [5, 5.41) is 8.55. The Bertz CT molecular complexity index is 504. The Labute approximate surface area is 108 Å². The number of carbonyl (C=O) groups is 1. The van der Waals surface area contributed by atoms with Crippen molar-refractivity contribution in [2.24, 2.45) is 0 Å². The van der Waals surface area contributed by atoms with E-state index in [1.807, 2.05) is 0 Å². The molecule has 0 saturated carbocycles. The summed E-state index contributed by atoms with van der Waals surface area (Å²) in [6.45, 7) is 3.20. The van der Waals surface area contributed by atoms with Crippen LogP contribution >= 0.6 is 22.9 Å². The molecule has 5 nitrogen and oxygen atoms in total. The second-order valence-corrected chi connectivity index (χ2v) is 7.24. The van der Waals surface area contributed by atoms with E-state index in [0.717, 1.165) is 11.3 Å². The molecule has 0 spiro atoms. The number of carboxylic acid groups (broad SMARTS) is 1. The summed E-state index contributed by atoms with van der Waals surface area (Å²) in [6, 6.07) is 0.793. The summed E-state index contributed by atoms with van der Waals surface area (Å²) >= 11 is 6.74. The van der Waals surface area contributed by atoms with Crippen LogP contribution in [0.5, 0.6) is 0 Å². The van der Waals surface area contributed by atoms with E-state index in [-0.39, 0.29) is 10.6 Å². The standard InChI is InChI=1S/C9H12ClNO4S2/c1-5-3-8(16-9(5)10)17(14,15)11-6(2)4-7(12)13/h3,6,11H,4H2,1-2H3,(H,12,13). The molecular formula is C9H12ClNO4S2. The van der Waals surface area contributed by atoms with Gasteiger partial charge in [0.15, 0.2) is 0 Å². The van der Waals surface area contributed by atoms with Crippen molar-refractivity contribution in [3.05, 3.63) is 16.0 Å². The topological polar surface area (TPSA) is 83.5 Å². The Balaban J connectivity index is 2.85. The average Bonchev–Trinajstić information content (AvgIpc) is 2.44. The maximum Gasteiger partial charge on any atom is 0.304 e. The maximum atomic E-state index is 11.8. The fraction of sp³-hybridized carbons (Fsp3) is 0.444. The Morgan fingerprint density at radius 3 is 2.65 bits per heavy atom. The lowest BCUT2D eigenvalue weighted by Crippen LogP contribution is -2.33. The molecule has 1 aromatic heterocycles. The van der Waals surface area contributed by atoms with Gasteiger partial charge in [0.25, 0.3) is 0 Å². The summed E-state index contributed by atoms with van der Waals surface area (Å²) < 4.78 is 26.5. The third kappa shape index (κ3) is 3.95. The molecule has 0 amide bonds. The molecule has 1 aromatic rings. The highest BCUT2D eigenvalue weighted by Gasteiger charge is 2.21. The van der Waals surface area contributed by atoms with Gasteiger partial charge < -0.3 is 5.11 Å². The first kappa shape index (κ1) is 14.4. The van der Waals surface area contributed by atoms with Crippen LogP contribution in [0.1, 0.15) is 18.9 Å². The molecule has 1 heterocycles. The maximum absolute atomic E-state index is 11.8. The lowest BCUT2D eigenvalue weighted by Gasteiger charge is -2.10. The number of sulfonamides is 1. The van der Waals surface area contributed by atoms with Crippen molar-refractivity contribution in [1.29, 1.82) is 0 Å². The van der Waals surface area contributed by atoms with Crippen LogP contribution in [0.2, 0.25) is 4.34 Å². The number of aliphatic carboxylic acids is 1. The molecule has 0 aliphatic rings. The summed E-state index contributed by atoms with van der Waals surface area (Å²) in [5.41, 5.74) is 0.683. The molecular weight excluding hydrogens is 286 g/mol. The van der Waals surface area contributed by atoms with Crippen LogP contribution in [0, 0.1) is 6.92 Å². The molecule has 1 unspecified atom stereocenters. The molecule has 1 rings (SSSR count). The van der Waals surface area contributed by atoms with E-state index >= 15 is 0 Å². The lowest BCUT2D eigenvalue weighted by atomic mass is 10.3. The number of halogens is 1. The van der Waals surface area contributed by atoms with Gasteiger partial charge in [-0.05, 0) is 25.5 Å². The van der Waals surface area contributed by atoms with Crippen LogP contribution in [0.15, 0.2) is 10.3 Å². The van der Waals surface area contributed by atoms with Crippen LogP contribution in [-0.4, -0.2) is 25.5 Å². The zero-order valence-corrected chi connectivity index (χ0v) is 11.6. The van der Waals surface area contributed by atoms with Crippen molar-refractivity contribution in [1.82, 2.24) is 4.72 Å². The average molecular weight is 298 g/mol. The first-order chi connectivity index (χ1) is 7.72. The van der Waals surface area contributed by atoms with E-state index in [0.29, 0.717) is 9.90 Å². The second-order valence-electron chi connectivity index (χ2n) is 3.64. The van der Waals surface area contributed by atoms with Crippen LogP contribution in [0.25, 0.3) is 0 Å². The summed E-state index contributed by atoms with van der Waals surface area (Å²) in [4.78, 5) is 10.4. The molecule has 0 bridgehead atoms. The quantitative estimate of drug-likeness (QED) is 0.869. The van der Waals surface area contributed by atoms with Crippen molar-refractivity contribution in [3.63, 3.8) is 0 Å². The van der Waals surface area contributed by atoms with Gasteiger partial charge in [-0.2, -0.15) is 0 Å². The Morgan fingerprint density at radius 1 is 1.65 bits per heavy atom. The van der Waals surface area contributed by atoms with E-state index in [1.165, 1.54) is 13.0 Å².